The zero-order valence-electron chi connectivity index (χ0n) is 17.2. The number of aliphatic hydroxyl groups excluding tert-OH is 2. The summed E-state index contributed by atoms with van der Waals surface area (Å²) in [5.74, 6) is -0.800. The molecule has 3 rings (SSSR count). The van der Waals surface area contributed by atoms with Crippen molar-refractivity contribution in [2.75, 3.05) is 6.61 Å². The standard InChI is InChI=1S/C19H31N2O9P/c22-14-13(11-29-31(26,27)28)30-17(15(14)23)20-9-8-19-7-5-3-1-2-4-6-12(10-19)16(24)21-18(19)25/h8-9,12-15,17,20,22-23H,1-7,10-11H2,(H,21,24,25)(H2,26,27,28)/b9-8-. The van der Waals surface area contributed by atoms with Crippen LogP contribution >= 0.6 is 7.82 Å². The highest BCUT2D eigenvalue weighted by molar-refractivity contribution is 7.46. The molecule has 31 heavy (non-hydrogen) atoms. The zero-order chi connectivity index (χ0) is 22.6. The van der Waals surface area contributed by atoms with Gasteiger partial charge in [0.1, 0.15) is 18.3 Å². The molecule has 3 fully saturated rings. The van der Waals surface area contributed by atoms with E-state index in [1.165, 1.54) is 6.20 Å². The van der Waals surface area contributed by atoms with Gasteiger partial charge in [0.05, 0.1) is 12.0 Å². The highest BCUT2D eigenvalue weighted by atomic mass is 31.2. The van der Waals surface area contributed by atoms with Crippen molar-refractivity contribution in [3.8, 4) is 0 Å². The quantitative estimate of drug-likeness (QED) is 0.233. The van der Waals surface area contributed by atoms with Crippen molar-refractivity contribution >= 4 is 19.6 Å². The van der Waals surface area contributed by atoms with Crippen molar-refractivity contribution in [3.05, 3.63) is 12.3 Å². The second-order valence-corrected chi connectivity index (χ2v) is 9.78. The number of hydrogen-bond donors (Lipinski definition) is 6. The van der Waals surface area contributed by atoms with Gasteiger partial charge in [0.15, 0.2) is 6.23 Å². The van der Waals surface area contributed by atoms with Crippen molar-refractivity contribution in [1.29, 1.82) is 0 Å². The maximum Gasteiger partial charge on any atom is 0.469 e. The number of phosphoric acid groups is 1. The Bertz CT molecular complexity index is 742. The molecule has 2 bridgehead atoms. The largest absolute Gasteiger partial charge is 0.469 e. The molecule has 3 aliphatic rings. The number of hydrogen-bond acceptors (Lipinski definition) is 8. The third-order valence-corrected chi connectivity index (χ3v) is 6.76. The van der Waals surface area contributed by atoms with Crippen LogP contribution in [0.15, 0.2) is 12.3 Å². The van der Waals surface area contributed by atoms with Gasteiger partial charge < -0.3 is 30.1 Å². The lowest BCUT2D eigenvalue weighted by molar-refractivity contribution is -0.144. The average molecular weight is 462 g/mol. The van der Waals surface area contributed by atoms with Gasteiger partial charge in [0.2, 0.25) is 11.8 Å². The van der Waals surface area contributed by atoms with Crippen LogP contribution in [0, 0.1) is 11.3 Å². The van der Waals surface area contributed by atoms with Crippen LogP contribution in [0.2, 0.25) is 0 Å². The molecule has 2 aliphatic heterocycles. The Morgan fingerprint density at radius 1 is 1.16 bits per heavy atom. The van der Waals surface area contributed by atoms with Crippen LogP contribution in [0.4, 0.5) is 0 Å². The number of ether oxygens (including phenoxy) is 1. The minimum absolute atomic E-state index is 0.229. The number of carbonyl (C=O) groups excluding carboxylic acids is 2. The minimum atomic E-state index is -4.74. The Labute approximate surface area is 180 Å². The molecule has 0 radical (unpaired) electrons. The van der Waals surface area contributed by atoms with Gasteiger partial charge in [-0.1, -0.05) is 38.2 Å². The van der Waals surface area contributed by atoms with E-state index >= 15 is 0 Å². The van der Waals surface area contributed by atoms with Crippen molar-refractivity contribution in [3.63, 3.8) is 0 Å². The Balaban J connectivity index is 1.66. The van der Waals surface area contributed by atoms with Gasteiger partial charge in [-0.3, -0.25) is 19.4 Å². The highest BCUT2D eigenvalue weighted by Crippen LogP contribution is 2.40. The van der Waals surface area contributed by atoms with Gasteiger partial charge in [0.25, 0.3) is 0 Å². The predicted octanol–water partition coefficient (Wildman–Crippen LogP) is 0.0391. The molecule has 176 valence electrons. The summed E-state index contributed by atoms with van der Waals surface area (Å²) >= 11 is 0. The Morgan fingerprint density at radius 2 is 1.87 bits per heavy atom. The summed E-state index contributed by atoms with van der Waals surface area (Å²) in [5.41, 5.74) is -0.853. The van der Waals surface area contributed by atoms with Crippen LogP contribution in [-0.2, 0) is 23.4 Å². The first-order chi connectivity index (χ1) is 14.6. The molecule has 0 spiro atoms. The first-order valence-corrected chi connectivity index (χ1v) is 12.2. The molecule has 1 aliphatic carbocycles. The lowest BCUT2D eigenvalue weighted by Crippen LogP contribution is -2.52. The molecular weight excluding hydrogens is 431 g/mol. The topological polar surface area (TPSA) is 175 Å². The van der Waals surface area contributed by atoms with Gasteiger partial charge in [0, 0.05) is 5.92 Å². The number of aliphatic hydroxyl groups is 2. The fourth-order valence-corrected chi connectivity index (χ4v) is 4.84. The summed E-state index contributed by atoms with van der Waals surface area (Å²) in [6.07, 6.45) is 4.88. The Kier molecular flexibility index (Phi) is 7.90. The predicted molar refractivity (Wildman–Crippen MR) is 107 cm³/mol. The molecule has 2 heterocycles. The fourth-order valence-electron chi connectivity index (χ4n) is 4.50. The highest BCUT2D eigenvalue weighted by Gasteiger charge is 2.46. The van der Waals surface area contributed by atoms with E-state index < -0.39 is 44.4 Å². The van der Waals surface area contributed by atoms with Crippen LogP contribution in [0.25, 0.3) is 0 Å². The number of imide groups is 1. The van der Waals surface area contributed by atoms with E-state index in [1.807, 2.05) is 0 Å². The summed E-state index contributed by atoms with van der Waals surface area (Å²) in [5, 5.41) is 25.5. The smallest absolute Gasteiger partial charge is 0.387 e. The van der Waals surface area contributed by atoms with Crippen LogP contribution < -0.4 is 10.6 Å². The van der Waals surface area contributed by atoms with Crippen molar-refractivity contribution in [1.82, 2.24) is 10.6 Å². The van der Waals surface area contributed by atoms with Gasteiger partial charge in [-0.05, 0) is 25.5 Å². The summed E-state index contributed by atoms with van der Waals surface area (Å²) in [7, 11) is -4.74. The zero-order valence-corrected chi connectivity index (χ0v) is 18.1. The Hall–Kier alpha value is -1.33. The molecule has 0 aromatic rings. The molecule has 0 aromatic heterocycles. The summed E-state index contributed by atoms with van der Waals surface area (Å²) in [4.78, 5) is 42.6. The van der Waals surface area contributed by atoms with Crippen molar-refractivity contribution in [2.45, 2.75) is 75.9 Å². The lowest BCUT2D eigenvalue weighted by Gasteiger charge is -2.37. The van der Waals surface area contributed by atoms with E-state index in [0.717, 1.165) is 38.5 Å². The first kappa shape index (κ1) is 24.3. The molecule has 0 aromatic carbocycles. The van der Waals surface area contributed by atoms with Crippen molar-refractivity contribution < 1.29 is 43.4 Å². The van der Waals surface area contributed by atoms with E-state index in [9.17, 15) is 24.4 Å². The molecule has 6 N–H and O–H groups in total. The third kappa shape index (κ3) is 6.13. The molecule has 2 amide bonds. The number of piperidine rings is 1. The molecule has 11 nitrogen and oxygen atoms in total. The molecule has 2 saturated heterocycles. The molecule has 1 saturated carbocycles. The molecular formula is C19H31N2O9P. The number of rotatable bonds is 6. The van der Waals surface area contributed by atoms with Crippen LogP contribution in [-0.4, -0.2) is 63.0 Å². The minimum Gasteiger partial charge on any atom is -0.387 e. The van der Waals surface area contributed by atoms with Crippen LogP contribution in [0.3, 0.4) is 0 Å². The monoisotopic (exact) mass is 462 g/mol. The number of carbonyl (C=O) groups is 2. The van der Waals surface area contributed by atoms with E-state index in [1.54, 1.807) is 6.08 Å². The number of phosphoric ester groups is 1. The average Bonchev–Trinajstić information content (AvgIpc) is 2.97. The molecule has 12 heteroatoms. The van der Waals surface area contributed by atoms with E-state index in [-0.39, 0.29) is 17.7 Å². The lowest BCUT2D eigenvalue weighted by atomic mass is 9.70. The maximum atomic E-state index is 12.8. The molecule has 6 unspecified atom stereocenters. The first-order valence-electron chi connectivity index (χ1n) is 10.6. The van der Waals surface area contributed by atoms with Crippen LogP contribution in [0.1, 0.15) is 51.4 Å². The second kappa shape index (κ2) is 10.1. The number of nitrogens with one attached hydrogen (secondary N) is 2. The van der Waals surface area contributed by atoms with Gasteiger partial charge in [-0.15, -0.1) is 0 Å². The molecule has 6 atom stereocenters. The Morgan fingerprint density at radius 3 is 2.61 bits per heavy atom. The van der Waals surface area contributed by atoms with Gasteiger partial charge >= 0.3 is 7.82 Å². The maximum absolute atomic E-state index is 12.8. The van der Waals surface area contributed by atoms with Crippen molar-refractivity contribution in [2.24, 2.45) is 11.3 Å². The second-order valence-electron chi connectivity index (χ2n) is 8.54. The normalized spacial score (nSPS) is 37.6. The van der Waals surface area contributed by atoms with E-state index in [0.29, 0.717) is 12.8 Å². The summed E-state index contributed by atoms with van der Waals surface area (Å²) in [6.45, 7) is -0.597. The number of fused-ring (bicyclic) bond motifs is 2. The van der Waals surface area contributed by atoms with Gasteiger partial charge in [-0.25, -0.2) is 4.57 Å². The summed E-state index contributed by atoms with van der Waals surface area (Å²) in [6, 6.07) is 0. The summed E-state index contributed by atoms with van der Waals surface area (Å²) < 4.78 is 20.6. The third-order valence-electron chi connectivity index (χ3n) is 6.28. The fraction of sp³-hybridized carbons (Fsp3) is 0.789. The SMILES string of the molecule is O=C1NC(=O)C2(/C=C\NC3OC(COP(=O)(O)O)C(O)C3O)CCCCCCCC1C2. The van der Waals surface area contributed by atoms with E-state index in [4.69, 9.17) is 14.5 Å². The van der Waals surface area contributed by atoms with Gasteiger partial charge in [-0.2, -0.15) is 0 Å². The van der Waals surface area contributed by atoms with E-state index in [2.05, 4.69) is 15.2 Å². The van der Waals surface area contributed by atoms with Crippen LogP contribution in [0.5, 0.6) is 0 Å². The number of amides is 2.